The Bertz CT molecular complexity index is 831. The van der Waals surface area contributed by atoms with E-state index in [1.807, 2.05) is 0 Å². The number of likely N-dealkylation sites (N-methyl/N-ethyl adjacent to an activating group) is 1. The van der Waals surface area contributed by atoms with Crippen LogP contribution < -0.4 is 10.1 Å². The van der Waals surface area contributed by atoms with Gasteiger partial charge in [-0.25, -0.2) is 0 Å². The first-order valence-electron chi connectivity index (χ1n) is 7.77. The van der Waals surface area contributed by atoms with Crippen molar-refractivity contribution in [1.82, 2.24) is 4.90 Å². The van der Waals surface area contributed by atoms with E-state index in [0.29, 0.717) is 22.6 Å². The highest BCUT2D eigenvalue weighted by Crippen LogP contribution is 2.20. The Labute approximate surface area is 150 Å². The molecule has 26 heavy (non-hydrogen) atoms. The summed E-state index contributed by atoms with van der Waals surface area (Å²) >= 11 is 0. The van der Waals surface area contributed by atoms with E-state index in [2.05, 4.69) is 5.32 Å². The van der Waals surface area contributed by atoms with E-state index in [9.17, 15) is 19.7 Å². The molecule has 2 aromatic rings. The number of benzene rings is 2. The van der Waals surface area contributed by atoms with Gasteiger partial charge in [0.1, 0.15) is 5.75 Å². The Morgan fingerprint density at radius 1 is 1.15 bits per heavy atom. The van der Waals surface area contributed by atoms with Gasteiger partial charge in [0, 0.05) is 37.0 Å². The maximum Gasteiger partial charge on any atom is 0.272 e. The number of carbonyl (C=O) groups excluding carboxylic acids is 2. The molecule has 0 aliphatic heterocycles. The van der Waals surface area contributed by atoms with Gasteiger partial charge in [0.15, 0.2) is 6.61 Å². The van der Waals surface area contributed by atoms with Crippen LogP contribution in [0.25, 0.3) is 0 Å². The molecule has 1 N–H and O–H groups in total. The molecule has 0 atom stereocenters. The standard InChI is InChI=1S/C18H19N3O5/c1-12-10-13(4-9-16(12)21(24)25)18(23)19-14-5-7-15(8-6-14)26-11-17(22)20(2)3/h4-10H,11H2,1-3H3,(H,19,23). The number of nitro groups is 1. The molecule has 0 saturated heterocycles. The van der Waals surface area contributed by atoms with E-state index in [1.54, 1.807) is 45.3 Å². The van der Waals surface area contributed by atoms with Gasteiger partial charge in [-0.1, -0.05) is 0 Å². The summed E-state index contributed by atoms with van der Waals surface area (Å²) in [7, 11) is 3.29. The van der Waals surface area contributed by atoms with Crippen molar-refractivity contribution < 1.29 is 19.2 Å². The van der Waals surface area contributed by atoms with E-state index in [0.717, 1.165) is 0 Å². The zero-order valence-electron chi connectivity index (χ0n) is 14.7. The van der Waals surface area contributed by atoms with Gasteiger partial charge in [-0.05, 0) is 43.3 Å². The molecule has 0 unspecified atom stereocenters. The summed E-state index contributed by atoms with van der Waals surface area (Å²) in [6.07, 6.45) is 0. The maximum atomic E-state index is 12.3. The first kappa shape index (κ1) is 18.9. The van der Waals surface area contributed by atoms with Gasteiger partial charge >= 0.3 is 0 Å². The number of amides is 2. The lowest BCUT2D eigenvalue weighted by atomic mass is 10.1. The highest BCUT2D eigenvalue weighted by Gasteiger charge is 2.14. The Hall–Kier alpha value is -3.42. The fourth-order valence-electron chi connectivity index (χ4n) is 2.11. The van der Waals surface area contributed by atoms with Gasteiger partial charge in [0.05, 0.1) is 4.92 Å². The van der Waals surface area contributed by atoms with Crippen molar-refractivity contribution in [2.24, 2.45) is 0 Å². The van der Waals surface area contributed by atoms with Crippen molar-refractivity contribution in [1.29, 1.82) is 0 Å². The van der Waals surface area contributed by atoms with Gasteiger partial charge in [-0.3, -0.25) is 19.7 Å². The molecular weight excluding hydrogens is 338 g/mol. The number of nitrogens with zero attached hydrogens (tertiary/aromatic N) is 2. The number of nitro benzene ring substituents is 1. The van der Waals surface area contributed by atoms with Crippen LogP contribution in [0.1, 0.15) is 15.9 Å². The number of ether oxygens (including phenoxy) is 1. The fraction of sp³-hybridized carbons (Fsp3) is 0.222. The zero-order chi connectivity index (χ0) is 19.3. The third-order valence-electron chi connectivity index (χ3n) is 3.63. The summed E-state index contributed by atoms with van der Waals surface area (Å²) < 4.78 is 5.36. The minimum absolute atomic E-state index is 0.0321. The van der Waals surface area contributed by atoms with Crippen LogP contribution in [0.3, 0.4) is 0 Å². The second-order valence-corrected chi connectivity index (χ2v) is 5.81. The zero-order valence-corrected chi connectivity index (χ0v) is 14.7. The van der Waals surface area contributed by atoms with Gasteiger partial charge in [0.25, 0.3) is 17.5 Å². The molecule has 2 rings (SSSR count). The molecule has 0 spiro atoms. The third kappa shape index (κ3) is 4.79. The molecule has 8 heteroatoms. The Morgan fingerprint density at radius 2 is 1.81 bits per heavy atom. The molecule has 0 radical (unpaired) electrons. The number of hydrogen-bond donors (Lipinski definition) is 1. The topological polar surface area (TPSA) is 102 Å². The molecule has 0 fully saturated rings. The van der Waals surface area contributed by atoms with Crippen LogP contribution in [0, 0.1) is 17.0 Å². The van der Waals surface area contributed by atoms with Crippen LogP contribution >= 0.6 is 0 Å². The molecule has 0 bridgehead atoms. The lowest BCUT2D eigenvalue weighted by Gasteiger charge is -2.12. The van der Waals surface area contributed by atoms with Crippen molar-refractivity contribution >= 4 is 23.2 Å². The van der Waals surface area contributed by atoms with Crippen molar-refractivity contribution in [2.45, 2.75) is 6.92 Å². The molecule has 0 aliphatic rings. The SMILES string of the molecule is Cc1cc(C(=O)Nc2ccc(OCC(=O)N(C)C)cc2)ccc1[N+](=O)[O-]. The summed E-state index contributed by atoms with van der Waals surface area (Å²) in [4.78, 5) is 35.5. The molecule has 0 saturated carbocycles. The van der Waals surface area contributed by atoms with Crippen LogP contribution in [0.15, 0.2) is 42.5 Å². The van der Waals surface area contributed by atoms with Gasteiger partial charge in [0.2, 0.25) is 0 Å². The van der Waals surface area contributed by atoms with Crippen LogP contribution in [-0.4, -0.2) is 42.3 Å². The van der Waals surface area contributed by atoms with Gasteiger partial charge in [-0.15, -0.1) is 0 Å². The smallest absolute Gasteiger partial charge is 0.272 e. The summed E-state index contributed by atoms with van der Waals surface area (Å²) in [5.74, 6) is -0.0280. The normalized spacial score (nSPS) is 10.1. The van der Waals surface area contributed by atoms with Gasteiger partial charge in [-0.2, -0.15) is 0 Å². The van der Waals surface area contributed by atoms with Crippen molar-refractivity contribution in [3.05, 3.63) is 63.7 Å². The van der Waals surface area contributed by atoms with E-state index in [4.69, 9.17) is 4.74 Å². The Morgan fingerprint density at radius 3 is 2.35 bits per heavy atom. The lowest BCUT2D eigenvalue weighted by molar-refractivity contribution is -0.385. The Kier molecular flexibility index (Phi) is 5.90. The van der Waals surface area contributed by atoms with Crippen LogP contribution in [0.4, 0.5) is 11.4 Å². The molecule has 2 aromatic carbocycles. The minimum Gasteiger partial charge on any atom is -0.484 e. The van der Waals surface area contributed by atoms with Crippen LogP contribution in [0.5, 0.6) is 5.75 Å². The minimum atomic E-state index is -0.489. The summed E-state index contributed by atoms with van der Waals surface area (Å²) in [6, 6.07) is 10.8. The molecule has 0 heterocycles. The highest BCUT2D eigenvalue weighted by molar-refractivity contribution is 6.04. The maximum absolute atomic E-state index is 12.3. The third-order valence-corrected chi connectivity index (χ3v) is 3.63. The fourth-order valence-corrected chi connectivity index (χ4v) is 2.11. The molecule has 136 valence electrons. The highest BCUT2D eigenvalue weighted by atomic mass is 16.6. The summed E-state index contributed by atoms with van der Waals surface area (Å²) in [5, 5.41) is 13.5. The molecule has 0 aromatic heterocycles. The van der Waals surface area contributed by atoms with Gasteiger partial charge < -0.3 is 15.0 Å². The number of hydrogen-bond acceptors (Lipinski definition) is 5. The number of carbonyl (C=O) groups is 2. The molecular formula is C18H19N3O5. The van der Waals surface area contributed by atoms with Crippen LogP contribution in [-0.2, 0) is 4.79 Å². The van der Waals surface area contributed by atoms with E-state index < -0.39 is 4.92 Å². The number of anilines is 1. The Balaban J connectivity index is 2.00. The summed E-state index contributed by atoms with van der Waals surface area (Å²) in [6.45, 7) is 1.51. The second kappa shape index (κ2) is 8.11. The van der Waals surface area contributed by atoms with Crippen LogP contribution in [0.2, 0.25) is 0 Å². The number of nitrogens with one attached hydrogen (secondary N) is 1. The monoisotopic (exact) mass is 357 g/mol. The number of rotatable bonds is 6. The first-order valence-corrected chi connectivity index (χ1v) is 7.77. The number of aryl methyl sites for hydroxylation is 1. The molecule has 8 nitrogen and oxygen atoms in total. The van der Waals surface area contributed by atoms with Crippen molar-refractivity contribution in [3.8, 4) is 5.75 Å². The second-order valence-electron chi connectivity index (χ2n) is 5.81. The predicted octanol–water partition coefficient (Wildman–Crippen LogP) is 2.62. The quantitative estimate of drug-likeness (QED) is 0.632. The largest absolute Gasteiger partial charge is 0.484 e. The average molecular weight is 357 g/mol. The van der Waals surface area contributed by atoms with E-state index >= 15 is 0 Å². The lowest BCUT2D eigenvalue weighted by Crippen LogP contribution is -2.27. The van der Waals surface area contributed by atoms with E-state index in [1.165, 1.54) is 23.1 Å². The molecule has 2 amide bonds. The van der Waals surface area contributed by atoms with Crippen molar-refractivity contribution in [2.75, 3.05) is 26.0 Å². The average Bonchev–Trinajstić information content (AvgIpc) is 2.60. The summed E-state index contributed by atoms with van der Waals surface area (Å²) in [5.41, 5.74) is 1.24. The first-order chi connectivity index (χ1) is 12.3. The molecule has 0 aliphatic carbocycles. The van der Waals surface area contributed by atoms with E-state index in [-0.39, 0.29) is 24.1 Å². The van der Waals surface area contributed by atoms with Crippen molar-refractivity contribution in [3.63, 3.8) is 0 Å². The predicted molar refractivity (Wildman–Crippen MR) is 96.4 cm³/mol.